The fourth-order valence-corrected chi connectivity index (χ4v) is 2.77. The van der Waals surface area contributed by atoms with E-state index in [1.165, 1.54) is 0 Å². The molecule has 1 atom stereocenters. The van der Waals surface area contributed by atoms with E-state index >= 15 is 0 Å². The van der Waals surface area contributed by atoms with Crippen LogP contribution in [0, 0.1) is 5.92 Å². The fourth-order valence-electron chi connectivity index (χ4n) is 2.77. The molecule has 1 aliphatic carbocycles. The van der Waals surface area contributed by atoms with Gasteiger partial charge in [-0.1, -0.05) is 18.2 Å². The van der Waals surface area contributed by atoms with Gasteiger partial charge in [-0.3, -0.25) is 9.78 Å². The average Bonchev–Trinajstić information content (AvgIpc) is 3.08. The van der Waals surface area contributed by atoms with Crippen LogP contribution in [0.3, 0.4) is 0 Å². The molecule has 0 saturated heterocycles. The maximum atomic E-state index is 12.9. The molecule has 114 valence electrons. The predicted octanol–water partition coefficient (Wildman–Crippen LogP) is 3.56. The summed E-state index contributed by atoms with van der Waals surface area (Å²) in [5, 5.41) is 0. The average molecular weight is 296 g/mol. The van der Waals surface area contributed by atoms with Gasteiger partial charge in [0.2, 0.25) is 5.91 Å². The van der Waals surface area contributed by atoms with Gasteiger partial charge in [-0.05, 0) is 43.5 Å². The molecule has 1 amide bonds. The number of aromatic nitrogens is 1. The molecule has 0 spiro atoms. The highest BCUT2D eigenvalue weighted by Gasteiger charge is 2.25. The number of hydrogen-bond acceptors (Lipinski definition) is 3. The highest BCUT2D eigenvalue weighted by atomic mass is 16.3. The Hall–Kier alpha value is -2.36. The standard InChI is InChI=1S/C18H20N2O2/c21-18(15-7-2-1-3-8-15)20(14-17-10-6-12-22-17)13-16-9-4-5-11-19-16/h1-2,4-6,9-12,15H,3,7-8,13-14H2/t15-/m1/s1. The van der Waals surface area contributed by atoms with E-state index in [1.807, 2.05) is 35.2 Å². The lowest BCUT2D eigenvalue weighted by Gasteiger charge is -2.27. The van der Waals surface area contributed by atoms with Crippen molar-refractivity contribution in [2.45, 2.75) is 32.4 Å². The molecule has 0 fully saturated rings. The number of nitrogens with zero attached hydrogens (tertiary/aromatic N) is 2. The monoisotopic (exact) mass is 296 g/mol. The smallest absolute Gasteiger partial charge is 0.226 e. The molecule has 0 radical (unpaired) electrons. The third-order valence-electron chi connectivity index (χ3n) is 3.94. The van der Waals surface area contributed by atoms with Crippen molar-refractivity contribution in [1.82, 2.24) is 9.88 Å². The van der Waals surface area contributed by atoms with Gasteiger partial charge >= 0.3 is 0 Å². The molecule has 0 N–H and O–H groups in total. The Labute approximate surface area is 130 Å². The summed E-state index contributed by atoms with van der Waals surface area (Å²) in [4.78, 5) is 19.0. The normalized spacial score (nSPS) is 17.4. The molecule has 0 bridgehead atoms. The van der Waals surface area contributed by atoms with Gasteiger partial charge in [0.05, 0.1) is 25.0 Å². The molecule has 2 aromatic heterocycles. The molecule has 0 aliphatic heterocycles. The largest absolute Gasteiger partial charge is 0.467 e. The first-order valence-electron chi connectivity index (χ1n) is 7.69. The minimum absolute atomic E-state index is 0.0728. The summed E-state index contributed by atoms with van der Waals surface area (Å²) in [5.41, 5.74) is 0.897. The van der Waals surface area contributed by atoms with Gasteiger partial charge in [0.15, 0.2) is 0 Å². The number of rotatable bonds is 5. The van der Waals surface area contributed by atoms with E-state index in [0.29, 0.717) is 13.1 Å². The van der Waals surface area contributed by atoms with Crippen LogP contribution >= 0.6 is 0 Å². The molecule has 2 heterocycles. The van der Waals surface area contributed by atoms with Crippen LogP contribution in [0.4, 0.5) is 0 Å². The third-order valence-corrected chi connectivity index (χ3v) is 3.94. The SMILES string of the molecule is O=C([C@@H]1CC=CCC1)N(Cc1ccccn1)Cc1ccco1. The van der Waals surface area contributed by atoms with Crippen molar-refractivity contribution in [3.63, 3.8) is 0 Å². The van der Waals surface area contributed by atoms with Gasteiger partial charge < -0.3 is 9.32 Å². The van der Waals surface area contributed by atoms with E-state index in [1.54, 1.807) is 12.5 Å². The number of furan rings is 1. The van der Waals surface area contributed by atoms with Crippen molar-refractivity contribution >= 4 is 5.91 Å². The van der Waals surface area contributed by atoms with Gasteiger partial charge in [0, 0.05) is 12.1 Å². The molecule has 0 aromatic carbocycles. The Balaban J connectivity index is 1.75. The topological polar surface area (TPSA) is 46.3 Å². The quantitative estimate of drug-likeness (QED) is 0.793. The highest BCUT2D eigenvalue weighted by molar-refractivity contribution is 5.79. The summed E-state index contributed by atoms with van der Waals surface area (Å²) in [6, 6.07) is 9.53. The first-order valence-corrected chi connectivity index (χ1v) is 7.69. The zero-order chi connectivity index (χ0) is 15.2. The second kappa shape index (κ2) is 7.07. The van der Waals surface area contributed by atoms with Gasteiger partial charge in [0.25, 0.3) is 0 Å². The lowest BCUT2D eigenvalue weighted by Crippen LogP contribution is -2.35. The van der Waals surface area contributed by atoms with Crippen molar-refractivity contribution < 1.29 is 9.21 Å². The van der Waals surface area contributed by atoms with Crippen LogP contribution in [0.5, 0.6) is 0 Å². The van der Waals surface area contributed by atoms with Gasteiger partial charge in [0.1, 0.15) is 5.76 Å². The zero-order valence-corrected chi connectivity index (χ0v) is 12.5. The predicted molar refractivity (Wildman–Crippen MR) is 83.7 cm³/mol. The van der Waals surface area contributed by atoms with Crippen LogP contribution in [-0.2, 0) is 17.9 Å². The lowest BCUT2D eigenvalue weighted by atomic mass is 9.93. The molecule has 4 heteroatoms. The molecule has 1 aliphatic rings. The molecule has 22 heavy (non-hydrogen) atoms. The van der Waals surface area contributed by atoms with Crippen molar-refractivity contribution in [3.8, 4) is 0 Å². The number of amides is 1. The van der Waals surface area contributed by atoms with Crippen molar-refractivity contribution in [3.05, 3.63) is 66.4 Å². The number of allylic oxidation sites excluding steroid dienone is 2. The molecular formula is C18H20N2O2. The van der Waals surface area contributed by atoms with Crippen LogP contribution in [0.1, 0.15) is 30.7 Å². The first-order chi connectivity index (χ1) is 10.8. The number of hydrogen-bond donors (Lipinski definition) is 0. The molecule has 4 nitrogen and oxygen atoms in total. The maximum absolute atomic E-state index is 12.9. The Morgan fingerprint density at radius 3 is 2.86 bits per heavy atom. The van der Waals surface area contributed by atoms with Crippen LogP contribution in [0.15, 0.2) is 59.4 Å². The van der Waals surface area contributed by atoms with E-state index in [9.17, 15) is 4.79 Å². The van der Waals surface area contributed by atoms with Crippen molar-refractivity contribution in [2.24, 2.45) is 5.92 Å². The summed E-state index contributed by atoms with van der Waals surface area (Å²) in [5.74, 6) is 1.06. The number of carbonyl (C=O) groups excluding carboxylic acids is 1. The summed E-state index contributed by atoms with van der Waals surface area (Å²) in [6.07, 6.45) is 10.4. The summed E-state index contributed by atoms with van der Waals surface area (Å²) < 4.78 is 5.41. The van der Waals surface area contributed by atoms with Gasteiger partial charge in [-0.25, -0.2) is 0 Å². The first kappa shape index (κ1) is 14.6. The Morgan fingerprint density at radius 1 is 1.23 bits per heavy atom. The molecule has 0 saturated carbocycles. The number of pyridine rings is 1. The van der Waals surface area contributed by atoms with Crippen LogP contribution < -0.4 is 0 Å². The summed E-state index contributed by atoms with van der Waals surface area (Å²) >= 11 is 0. The van der Waals surface area contributed by atoms with Crippen LogP contribution in [0.25, 0.3) is 0 Å². The minimum atomic E-state index is 0.0728. The van der Waals surface area contributed by atoms with Crippen molar-refractivity contribution in [2.75, 3.05) is 0 Å². The van der Waals surface area contributed by atoms with E-state index in [0.717, 1.165) is 30.7 Å². The zero-order valence-electron chi connectivity index (χ0n) is 12.5. The Bertz CT molecular complexity index is 620. The Kier molecular flexibility index (Phi) is 4.68. The maximum Gasteiger partial charge on any atom is 0.226 e. The van der Waals surface area contributed by atoms with Crippen LogP contribution in [-0.4, -0.2) is 15.8 Å². The molecule has 3 rings (SSSR count). The lowest BCUT2D eigenvalue weighted by molar-refractivity contribution is -0.137. The second-order valence-corrected chi connectivity index (χ2v) is 5.58. The van der Waals surface area contributed by atoms with E-state index in [-0.39, 0.29) is 11.8 Å². The van der Waals surface area contributed by atoms with E-state index < -0.39 is 0 Å². The third kappa shape index (κ3) is 3.64. The molecule has 2 aromatic rings. The fraction of sp³-hybridized carbons (Fsp3) is 0.333. The van der Waals surface area contributed by atoms with E-state index in [4.69, 9.17) is 4.42 Å². The second-order valence-electron chi connectivity index (χ2n) is 5.58. The molecular weight excluding hydrogens is 276 g/mol. The number of carbonyl (C=O) groups is 1. The van der Waals surface area contributed by atoms with E-state index in [2.05, 4.69) is 17.1 Å². The Morgan fingerprint density at radius 2 is 2.18 bits per heavy atom. The minimum Gasteiger partial charge on any atom is -0.467 e. The van der Waals surface area contributed by atoms with Crippen molar-refractivity contribution in [1.29, 1.82) is 0 Å². The summed E-state index contributed by atoms with van der Waals surface area (Å²) in [6.45, 7) is 1.00. The summed E-state index contributed by atoms with van der Waals surface area (Å²) in [7, 11) is 0. The molecule has 0 unspecified atom stereocenters. The highest BCUT2D eigenvalue weighted by Crippen LogP contribution is 2.22. The van der Waals surface area contributed by atoms with Gasteiger partial charge in [-0.15, -0.1) is 0 Å². The van der Waals surface area contributed by atoms with Crippen LogP contribution in [0.2, 0.25) is 0 Å². The van der Waals surface area contributed by atoms with Gasteiger partial charge in [-0.2, -0.15) is 0 Å².